The third kappa shape index (κ3) is 4.32. The number of carbonyl (C=O) groups excluding carboxylic acids is 2. The van der Waals surface area contributed by atoms with Gasteiger partial charge >= 0.3 is 0 Å². The number of amides is 1. The second-order valence-electron chi connectivity index (χ2n) is 7.37. The molecule has 158 valence electrons. The molecule has 1 unspecified atom stereocenters. The molecule has 6 nitrogen and oxygen atoms in total. The maximum absolute atomic E-state index is 13.9. The van der Waals surface area contributed by atoms with Gasteiger partial charge < -0.3 is 20.0 Å². The Morgan fingerprint density at radius 3 is 2.60 bits per heavy atom. The molecule has 2 N–H and O–H groups in total. The van der Waals surface area contributed by atoms with Crippen LogP contribution in [0.4, 0.5) is 4.39 Å². The fourth-order valence-electron chi connectivity index (χ4n) is 3.53. The third-order valence-corrected chi connectivity index (χ3v) is 5.16. The fraction of sp³-hybridized carbons (Fsp3) is 0.273. The molecule has 0 aliphatic carbocycles. The number of phenols is 1. The summed E-state index contributed by atoms with van der Waals surface area (Å²) in [5.41, 5.74) is 0.0605. The smallest absolute Gasteiger partial charge is 0.295 e. The van der Waals surface area contributed by atoms with E-state index in [1.54, 1.807) is 6.07 Å². The van der Waals surface area contributed by atoms with Crippen molar-refractivity contribution in [2.45, 2.75) is 12.5 Å². The number of hydrogen-bond acceptors (Lipinski definition) is 5. The third-order valence-electron chi connectivity index (χ3n) is 4.92. The molecule has 30 heavy (non-hydrogen) atoms. The summed E-state index contributed by atoms with van der Waals surface area (Å²) in [5, 5.41) is 21.3. The number of aliphatic hydroxyl groups excluding tert-OH is 1. The number of benzene rings is 2. The minimum atomic E-state index is -0.985. The number of likely N-dealkylation sites (tertiary alicyclic amines) is 1. The van der Waals surface area contributed by atoms with E-state index in [0.717, 1.165) is 0 Å². The number of hydrogen-bond donors (Lipinski definition) is 2. The first-order valence-electron chi connectivity index (χ1n) is 9.38. The fourth-order valence-corrected chi connectivity index (χ4v) is 3.71. The van der Waals surface area contributed by atoms with Crippen LogP contribution in [-0.2, 0) is 9.59 Å². The Morgan fingerprint density at radius 1 is 1.20 bits per heavy atom. The molecule has 8 heteroatoms. The number of carbonyl (C=O) groups is 2. The highest BCUT2D eigenvalue weighted by Crippen LogP contribution is 2.41. The lowest BCUT2D eigenvalue weighted by Crippen LogP contribution is -2.32. The molecule has 2 aromatic carbocycles. The van der Waals surface area contributed by atoms with Gasteiger partial charge in [0.25, 0.3) is 11.7 Å². The van der Waals surface area contributed by atoms with Crippen LogP contribution in [0.3, 0.4) is 0 Å². The predicted octanol–water partition coefficient (Wildman–Crippen LogP) is 3.56. The lowest BCUT2D eigenvalue weighted by molar-refractivity contribution is -0.139. The van der Waals surface area contributed by atoms with E-state index < -0.39 is 29.3 Å². The molecule has 0 saturated carbocycles. The Bertz CT molecular complexity index is 1020. The summed E-state index contributed by atoms with van der Waals surface area (Å²) in [6.45, 7) is 0.913. The van der Waals surface area contributed by atoms with Gasteiger partial charge in [-0.25, -0.2) is 4.39 Å². The maximum Gasteiger partial charge on any atom is 0.295 e. The van der Waals surface area contributed by atoms with E-state index in [-0.39, 0.29) is 28.5 Å². The van der Waals surface area contributed by atoms with Crippen molar-refractivity contribution in [1.29, 1.82) is 0 Å². The number of ketones is 1. The van der Waals surface area contributed by atoms with Crippen molar-refractivity contribution in [3.8, 4) is 5.75 Å². The molecule has 0 radical (unpaired) electrons. The average Bonchev–Trinajstić information content (AvgIpc) is 2.94. The Kier molecular flexibility index (Phi) is 6.43. The van der Waals surface area contributed by atoms with Crippen molar-refractivity contribution in [3.63, 3.8) is 0 Å². The molecule has 0 aromatic heterocycles. The Labute approximate surface area is 178 Å². The normalized spacial score (nSPS) is 18.4. The zero-order valence-corrected chi connectivity index (χ0v) is 17.4. The zero-order valence-electron chi connectivity index (χ0n) is 16.6. The van der Waals surface area contributed by atoms with Crippen LogP contribution in [0, 0.1) is 5.82 Å². The molecular weight excluding hydrogens is 411 g/mol. The number of aliphatic hydroxyl groups is 1. The molecule has 1 aliphatic heterocycles. The van der Waals surface area contributed by atoms with Gasteiger partial charge in [0.05, 0.1) is 17.2 Å². The van der Waals surface area contributed by atoms with Gasteiger partial charge in [0.1, 0.15) is 17.3 Å². The number of phenolic OH excluding ortho intramolecular Hbond substituents is 1. The van der Waals surface area contributed by atoms with Gasteiger partial charge in [0.15, 0.2) is 0 Å². The summed E-state index contributed by atoms with van der Waals surface area (Å²) in [6.07, 6.45) is 0.578. The summed E-state index contributed by atoms with van der Waals surface area (Å²) in [6, 6.07) is 8.56. The van der Waals surface area contributed by atoms with Crippen LogP contribution in [0.2, 0.25) is 5.02 Å². The summed E-state index contributed by atoms with van der Waals surface area (Å²) in [7, 11) is 3.78. The SMILES string of the molecule is CN(C)CCCN1C(=O)C(=O)C(=C(O)c2cc(Cl)ccc2O)C1c1cccc(F)c1. The summed E-state index contributed by atoms with van der Waals surface area (Å²) < 4.78 is 13.9. The van der Waals surface area contributed by atoms with Gasteiger partial charge in [-0.1, -0.05) is 23.7 Å². The maximum atomic E-state index is 13.9. The number of Topliss-reactive ketones (excluding diaryl/α,β-unsaturated/α-hetero) is 1. The summed E-state index contributed by atoms with van der Waals surface area (Å²) >= 11 is 5.97. The van der Waals surface area contributed by atoms with E-state index in [1.165, 1.54) is 41.3 Å². The van der Waals surface area contributed by atoms with Crippen LogP contribution in [0.5, 0.6) is 5.75 Å². The van der Waals surface area contributed by atoms with Crippen molar-refractivity contribution < 1.29 is 24.2 Å². The summed E-state index contributed by atoms with van der Waals surface area (Å²) in [4.78, 5) is 28.9. The second-order valence-corrected chi connectivity index (χ2v) is 7.80. The highest BCUT2D eigenvalue weighted by atomic mass is 35.5. The molecule has 1 aliphatic rings. The number of rotatable bonds is 6. The minimum absolute atomic E-state index is 0.0739. The van der Waals surface area contributed by atoms with Crippen LogP contribution in [0.15, 0.2) is 48.0 Å². The molecule has 1 fully saturated rings. The van der Waals surface area contributed by atoms with Gasteiger partial charge in [-0.05, 0) is 63.0 Å². The van der Waals surface area contributed by atoms with Crippen molar-refractivity contribution in [1.82, 2.24) is 9.80 Å². The van der Waals surface area contributed by atoms with Gasteiger partial charge in [0, 0.05) is 11.6 Å². The number of nitrogens with zero attached hydrogens (tertiary/aromatic N) is 2. The van der Waals surface area contributed by atoms with Crippen molar-refractivity contribution in [2.75, 3.05) is 27.2 Å². The van der Waals surface area contributed by atoms with Crippen molar-refractivity contribution in [3.05, 3.63) is 70.0 Å². The van der Waals surface area contributed by atoms with Crippen molar-refractivity contribution >= 4 is 29.1 Å². The average molecular weight is 433 g/mol. The minimum Gasteiger partial charge on any atom is -0.507 e. The Balaban J connectivity index is 2.15. The topological polar surface area (TPSA) is 81.1 Å². The standard InChI is InChI=1S/C22H22ClFN2O4/c1-25(2)9-4-10-26-19(13-5-3-6-15(24)11-13)18(21(29)22(26)30)20(28)16-12-14(23)7-8-17(16)27/h3,5-8,11-12,19,27-28H,4,9-10H2,1-2H3. The van der Waals surface area contributed by atoms with E-state index in [9.17, 15) is 24.2 Å². The highest BCUT2D eigenvalue weighted by Gasteiger charge is 2.46. The van der Waals surface area contributed by atoms with Crippen LogP contribution < -0.4 is 0 Å². The molecule has 1 heterocycles. The molecule has 1 saturated heterocycles. The summed E-state index contributed by atoms with van der Waals surface area (Å²) in [5.74, 6) is -3.07. The molecule has 1 amide bonds. The van der Waals surface area contributed by atoms with Crippen LogP contribution >= 0.6 is 11.6 Å². The van der Waals surface area contributed by atoms with E-state index in [0.29, 0.717) is 18.5 Å². The van der Waals surface area contributed by atoms with E-state index in [2.05, 4.69) is 0 Å². The van der Waals surface area contributed by atoms with Gasteiger partial charge in [-0.2, -0.15) is 0 Å². The van der Waals surface area contributed by atoms with Crippen molar-refractivity contribution in [2.24, 2.45) is 0 Å². The Hall–Kier alpha value is -2.90. The molecule has 3 rings (SSSR count). The second kappa shape index (κ2) is 8.85. The largest absolute Gasteiger partial charge is 0.507 e. The van der Waals surface area contributed by atoms with E-state index in [1.807, 2.05) is 19.0 Å². The lowest BCUT2D eigenvalue weighted by Gasteiger charge is -2.26. The first kappa shape index (κ1) is 21.8. The predicted molar refractivity (Wildman–Crippen MR) is 112 cm³/mol. The first-order chi connectivity index (χ1) is 14.2. The zero-order chi connectivity index (χ0) is 22.0. The van der Waals surface area contributed by atoms with Crippen LogP contribution in [0.25, 0.3) is 5.76 Å². The molecule has 1 atom stereocenters. The first-order valence-corrected chi connectivity index (χ1v) is 9.76. The molecule has 2 aromatic rings. The Morgan fingerprint density at radius 2 is 1.93 bits per heavy atom. The molecule has 0 spiro atoms. The van der Waals surface area contributed by atoms with Crippen LogP contribution in [0.1, 0.15) is 23.6 Å². The van der Waals surface area contributed by atoms with Crippen LogP contribution in [-0.4, -0.2) is 58.9 Å². The van der Waals surface area contributed by atoms with Gasteiger partial charge in [-0.15, -0.1) is 0 Å². The van der Waals surface area contributed by atoms with E-state index in [4.69, 9.17) is 11.6 Å². The highest BCUT2D eigenvalue weighted by molar-refractivity contribution is 6.46. The number of aromatic hydroxyl groups is 1. The van der Waals surface area contributed by atoms with E-state index >= 15 is 0 Å². The van der Waals surface area contributed by atoms with Gasteiger partial charge in [0.2, 0.25) is 0 Å². The molecule has 0 bridgehead atoms. The quantitative estimate of drug-likeness (QED) is 0.414. The lowest BCUT2D eigenvalue weighted by atomic mass is 9.95. The molecular formula is C22H22ClFN2O4. The number of halogens is 2. The van der Waals surface area contributed by atoms with Gasteiger partial charge in [-0.3, -0.25) is 9.59 Å². The monoisotopic (exact) mass is 432 g/mol.